The number of rotatable bonds is 8. The lowest BCUT2D eigenvalue weighted by Gasteiger charge is -2.30. The summed E-state index contributed by atoms with van der Waals surface area (Å²) in [4.78, 5) is 22.6. The van der Waals surface area contributed by atoms with Crippen molar-refractivity contribution >= 4 is 21.6 Å². The van der Waals surface area contributed by atoms with E-state index in [-0.39, 0.29) is 29.8 Å². The van der Waals surface area contributed by atoms with Gasteiger partial charge in [0.25, 0.3) is 5.69 Å². The van der Waals surface area contributed by atoms with Crippen LogP contribution < -0.4 is 5.32 Å². The van der Waals surface area contributed by atoms with E-state index in [9.17, 15) is 23.3 Å². The van der Waals surface area contributed by atoms with Crippen LogP contribution in [0.2, 0.25) is 0 Å². The minimum Gasteiger partial charge on any atom is -0.356 e. The van der Waals surface area contributed by atoms with E-state index in [1.165, 1.54) is 34.1 Å². The van der Waals surface area contributed by atoms with Gasteiger partial charge in [-0.05, 0) is 37.3 Å². The lowest BCUT2D eigenvalue weighted by atomic mass is 9.97. The number of sulfonamides is 1. The van der Waals surface area contributed by atoms with Crippen LogP contribution in [0.4, 0.5) is 5.69 Å². The SMILES string of the molecule is O=C(NCCCc1ccccc1)C1CCN(S(=O)(=O)c2ccccc2[N+](=O)[O-])CC1. The minimum absolute atomic E-state index is 0.0641. The molecule has 0 saturated carbocycles. The first-order valence-corrected chi connectivity index (χ1v) is 11.4. The number of nitro benzene ring substituents is 1. The number of benzene rings is 2. The number of nitro groups is 1. The molecular weight excluding hydrogens is 406 g/mol. The molecular formula is C21H25N3O5S. The van der Waals surface area contributed by atoms with Gasteiger partial charge in [0.15, 0.2) is 4.90 Å². The highest BCUT2D eigenvalue weighted by Gasteiger charge is 2.35. The summed E-state index contributed by atoms with van der Waals surface area (Å²) >= 11 is 0. The summed E-state index contributed by atoms with van der Waals surface area (Å²) in [6.45, 7) is 0.898. The second-order valence-corrected chi connectivity index (χ2v) is 9.19. The van der Waals surface area contributed by atoms with Crippen LogP contribution in [0.15, 0.2) is 59.5 Å². The highest BCUT2D eigenvalue weighted by molar-refractivity contribution is 7.89. The molecule has 160 valence electrons. The Bertz CT molecular complexity index is 987. The van der Waals surface area contributed by atoms with Gasteiger partial charge in [-0.25, -0.2) is 8.42 Å². The molecule has 0 aromatic heterocycles. The summed E-state index contributed by atoms with van der Waals surface area (Å²) < 4.78 is 26.9. The maximum absolute atomic E-state index is 12.9. The van der Waals surface area contributed by atoms with Crippen molar-refractivity contribution in [2.24, 2.45) is 5.92 Å². The van der Waals surface area contributed by atoms with Gasteiger partial charge in [0.2, 0.25) is 15.9 Å². The Morgan fingerprint density at radius 3 is 2.37 bits per heavy atom. The summed E-state index contributed by atoms with van der Waals surface area (Å²) in [6, 6.07) is 15.4. The molecule has 3 rings (SSSR count). The van der Waals surface area contributed by atoms with Crippen LogP contribution in [0.3, 0.4) is 0 Å². The Morgan fingerprint density at radius 2 is 1.70 bits per heavy atom. The van der Waals surface area contributed by atoms with E-state index >= 15 is 0 Å². The van der Waals surface area contributed by atoms with Crippen LogP contribution in [0.1, 0.15) is 24.8 Å². The van der Waals surface area contributed by atoms with Crippen LogP contribution in [-0.2, 0) is 21.2 Å². The summed E-state index contributed by atoms with van der Waals surface area (Å²) in [6.07, 6.45) is 2.50. The fourth-order valence-corrected chi connectivity index (χ4v) is 5.24. The van der Waals surface area contributed by atoms with E-state index in [1.54, 1.807) is 0 Å². The average molecular weight is 432 g/mol. The second kappa shape index (κ2) is 9.82. The first-order valence-electron chi connectivity index (χ1n) is 9.95. The van der Waals surface area contributed by atoms with Gasteiger partial charge in [-0.3, -0.25) is 14.9 Å². The van der Waals surface area contributed by atoms with E-state index in [2.05, 4.69) is 17.4 Å². The van der Waals surface area contributed by atoms with Crippen molar-refractivity contribution in [2.75, 3.05) is 19.6 Å². The van der Waals surface area contributed by atoms with Gasteiger partial charge < -0.3 is 5.32 Å². The topological polar surface area (TPSA) is 110 Å². The van der Waals surface area contributed by atoms with Gasteiger partial charge in [-0.1, -0.05) is 42.5 Å². The van der Waals surface area contributed by atoms with Crippen molar-refractivity contribution in [2.45, 2.75) is 30.6 Å². The number of hydrogen-bond acceptors (Lipinski definition) is 5. The molecule has 0 bridgehead atoms. The molecule has 0 unspecified atom stereocenters. The number of carbonyl (C=O) groups is 1. The number of para-hydroxylation sites is 1. The first-order chi connectivity index (χ1) is 14.4. The first kappa shape index (κ1) is 21.9. The molecule has 30 heavy (non-hydrogen) atoms. The lowest BCUT2D eigenvalue weighted by molar-refractivity contribution is -0.387. The van der Waals surface area contributed by atoms with Crippen LogP contribution in [0, 0.1) is 16.0 Å². The van der Waals surface area contributed by atoms with Crippen LogP contribution >= 0.6 is 0 Å². The second-order valence-electron chi connectivity index (χ2n) is 7.28. The molecule has 2 aromatic rings. The van der Waals surface area contributed by atoms with Crippen molar-refractivity contribution in [3.8, 4) is 0 Å². The number of hydrogen-bond donors (Lipinski definition) is 1. The maximum atomic E-state index is 12.9. The fraction of sp³-hybridized carbons (Fsp3) is 0.381. The van der Waals surface area contributed by atoms with Gasteiger partial charge in [0, 0.05) is 31.6 Å². The molecule has 1 fully saturated rings. The fourth-order valence-electron chi connectivity index (χ4n) is 3.62. The predicted octanol–water partition coefficient (Wildman–Crippen LogP) is 2.74. The highest BCUT2D eigenvalue weighted by atomic mass is 32.2. The normalized spacial score (nSPS) is 15.6. The number of nitrogens with one attached hydrogen (secondary N) is 1. The number of piperidine rings is 1. The zero-order valence-electron chi connectivity index (χ0n) is 16.6. The third-order valence-corrected chi connectivity index (χ3v) is 7.23. The minimum atomic E-state index is -3.98. The van der Waals surface area contributed by atoms with E-state index in [1.807, 2.05) is 18.2 Å². The predicted molar refractivity (Wildman–Crippen MR) is 112 cm³/mol. The Balaban J connectivity index is 1.50. The quantitative estimate of drug-likeness (QED) is 0.393. The Labute approximate surface area is 176 Å². The van der Waals surface area contributed by atoms with Gasteiger partial charge >= 0.3 is 0 Å². The third-order valence-electron chi connectivity index (χ3n) is 5.29. The van der Waals surface area contributed by atoms with Crippen molar-refractivity contribution in [3.63, 3.8) is 0 Å². The van der Waals surface area contributed by atoms with Crippen molar-refractivity contribution < 1.29 is 18.1 Å². The Hall–Kier alpha value is -2.78. The van der Waals surface area contributed by atoms with Crippen molar-refractivity contribution in [1.82, 2.24) is 9.62 Å². The Morgan fingerprint density at radius 1 is 1.07 bits per heavy atom. The van der Waals surface area contributed by atoms with E-state index in [4.69, 9.17) is 0 Å². The number of carbonyl (C=O) groups excluding carboxylic acids is 1. The standard InChI is InChI=1S/C21H25N3O5S/c25-21(22-14-6-9-17-7-2-1-3-8-17)18-12-15-23(16-13-18)30(28,29)20-11-5-4-10-19(20)24(26)27/h1-5,7-8,10-11,18H,6,9,12-16H2,(H,22,25). The van der Waals surface area contributed by atoms with Crippen LogP contribution in [-0.4, -0.2) is 43.2 Å². The summed E-state index contributed by atoms with van der Waals surface area (Å²) in [5.74, 6) is -0.315. The molecule has 8 nitrogen and oxygen atoms in total. The van der Waals surface area contributed by atoms with Gasteiger partial charge in [0.1, 0.15) is 0 Å². The zero-order valence-corrected chi connectivity index (χ0v) is 17.4. The maximum Gasteiger partial charge on any atom is 0.289 e. The molecule has 1 saturated heterocycles. The largest absolute Gasteiger partial charge is 0.356 e. The summed E-state index contributed by atoms with van der Waals surface area (Å²) in [7, 11) is -3.98. The summed E-state index contributed by atoms with van der Waals surface area (Å²) in [5, 5.41) is 14.1. The van der Waals surface area contributed by atoms with Gasteiger partial charge in [-0.2, -0.15) is 4.31 Å². The molecule has 0 atom stereocenters. The average Bonchev–Trinajstić information content (AvgIpc) is 2.77. The molecule has 1 aliphatic rings. The van der Waals surface area contributed by atoms with Crippen LogP contribution in [0.5, 0.6) is 0 Å². The third kappa shape index (κ3) is 5.22. The van der Waals surface area contributed by atoms with Crippen molar-refractivity contribution in [3.05, 3.63) is 70.3 Å². The molecule has 1 heterocycles. The number of aryl methyl sites for hydroxylation is 1. The molecule has 2 aromatic carbocycles. The molecule has 1 N–H and O–H groups in total. The molecule has 0 aliphatic carbocycles. The number of amides is 1. The smallest absolute Gasteiger partial charge is 0.289 e. The molecule has 0 radical (unpaired) electrons. The number of nitrogens with zero attached hydrogens (tertiary/aromatic N) is 2. The van der Waals surface area contributed by atoms with E-state index in [0.717, 1.165) is 12.8 Å². The van der Waals surface area contributed by atoms with Gasteiger partial charge in [-0.15, -0.1) is 0 Å². The molecule has 0 spiro atoms. The lowest BCUT2D eigenvalue weighted by Crippen LogP contribution is -2.43. The monoisotopic (exact) mass is 431 g/mol. The molecule has 9 heteroatoms. The molecule has 1 aliphatic heterocycles. The summed E-state index contributed by atoms with van der Waals surface area (Å²) in [5.41, 5.74) is 0.788. The van der Waals surface area contributed by atoms with Gasteiger partial charge in [0.05, 0.1) is 4.92 Å². The Kier molecular flexibility index (Phi) is 7.17. The zero-order chi connectivity index (χ0) is 21.6. The van der Waals surface area contributed by atoms with Crippen LogP contribution in [0.25, 0.3) is 0 Å². The van der Waals surface area contributed by atoms with Crippen molar-refractivity contribution in [1.29, 1.82) is 0 Å². The highest BCUT2D eigenvalue weighted by Crippen LogP contribution is 2.29. The molecule has 1 amide bonds. The van der Waals surface area contributed by atoms with E-state index in [0.29, 0.717) is 19.4 Å². The van der Waals surface area contributed by atoms with E-state index < -0.39 is 20.6 Å².